The molecule has 12 heavy (non-hydrogen) atoms. The summed E-state index contributed by atoms with van der Waals surface area (Å²) in [5.74, 6) is 0.923. The predicted molar refractivity (Wildman–Crippen MR) is 58.1 cm³/mol. The molecule has 1 nitrogen and oxygen atoms in total. The molecule has 1 aromatic carbocycles. The molecule has 0 radical (unpaired) electrons. The van der Waals surface area contributed by atoms with Crippen LogP contribution in [0.1, 0.15) is 11.1 Å². The highest BCUT2D eigenvalue weighted by Crippen LogP contribution is 2.28. The highest BCUT2D eigenvalue weighted by atomic mass is 79.9. The molecule has 0 aliphatic carbocycles. The van der Waals surface area contributed by atoms with E-state index in [1.54, 1.807) is 7.11 Å². The Morgan fingerprint density at radius 1 is 1.42 bits per heavy atom. The Morgan fingerprint density at radius 3 is 2.58 bits per heavy atom. The van der Waals surface area contributed by atoms with Gasteiger partial charge >= 0.3 is 0 Å². The minimum atomic E-state index is 0.860. The number of methoxy groups -OCH3 is 1. The van der Waals surface area contributed by atoms with Crippen molar-refractivity contribution in [2.24, 2.45) is 0 Å². The third kappa shape index (κ3) is 2.02. The first kappa shape index (κ1) is 10.1. The number of ether oxygens (including phenoxy) is 1. The van der Waals surface area contributed by atoms with Gasteiger partial charge < -0.3 is 4.74 Å². The normalized spacial score (nSPS) is 10.0. The summed E-state index contributed by atoms with van der Waals surface area (Å²) < 4.78 is 6.27. The van der Waals surface area contributed by atoms with Gasteiger partial charge in [-0.1, -0.05) is 37.9 Å². The van der Waals surface area contributed by atoms with Gasteiger partial charge in [-0.05, 0) is 24.1 Å². The fourth-order valence-electron chi connectivity index (χ4n) is 1.05. The lowest BCUT2D eigenvalue weighted by atomic mass is 10.1. The molecule has 0 unspecified atom stereocenters. The maximum absolute atomic E-state index is 5.18. The molecule has 1 rings (SSSR count). The summed E-state index contributed by atoms with van der Waals surface area (Å²) in [6, 6.07) is 4.10. The summed E-state index contributed by atoms with van der Waals surface area (Å²) in [7, 11) is 1.68. The summed E-state index contributed by atoms with van der Waals surface area (Å²) in [5.41, 5.74) is 2.41. The monoisotopic (exact) mass is 292 g/mol. The number of rotatable bonds is 2. The van der Waals surface area contributed by atoms with Gasteiger partial charge in [0.15, 0.2) is 0 Å². The van der Waals surface area contributed by atoms with E-state index >= 15 is 0 Å². The molecule has 0 amide bonds. The van der Waals surface area contributed by atoms with Crippen molar-refractivity contribution in [3.63, 3.8) is 0 Å². The molecule has 0 aromatic heterocycles. The highest BCUT2D eigenvalue weighted by molar-refractivity contribution is 9.10. The molecule has 0 saturated carbocycles. The summed E-state index contributed by atoms with van der Waals surface area (Å²) in [6.07, 6.45) is 0. The molecule has 3 heteroatoms. The van der Waals surface area contributed by atoms with Gasteiger partial charge in [-0.2, -0.15) is 0 Å². The van der Waals surface area contributed by atoms with Crippen LogP contribution in [0.2, 0.25) is 0 Å². The number of hydrogen-bond donors (Lipinski definition) is 0. The molecule has 66 valence electrons. The Kier molecular flexibility index (Phi) is 3.59. The molecule has 0 aliphatic rings. The topological polar surface area (TPSA) is 9.23 Å². The van der Waals surface area contributed by atoms with Crippen LogP contribution < -0.4 is 4.74 Å². The molecule has 0 aliphatic heterocycles. The maximum Gasteiger partial charge on any atom is 0.122 e. The Balaban J connectivity index is 3.16. The standard InChI is InChI=1S/C9H10Br2O/c1-6-3-7(5-10)8(11)4-9(6)12-2/h3-4H,5H2,1-2H3. The summed E-state index contributed by atoms with van der Waals surface area (Å²) in [5, 5.41) is 0.860. The van der Waals surface area contributed by atoms with Gasteiger partial charge in [-0.3, -0.25) is 0 Å². The zero-order chi connectivity index (χ0) is 9.14. The summed E-state index contributed by atoms with van der Waals surface area (Å²) in [6.45, 7) is 2.04. The van der Waals surface area contributed by atoms with Crippen LogP contribution >= 0.6 is 31.9 Å². The molecule has 0 bridgehead atoms. The molecule has 0 atom stereocenters. The van der Waals surface area contributed by atoms with Gasteiger partial charge in [0.05, 0.1) is 7.11 Å². The minimum Gasteiger partial charge on any atom is -0.496 e. The van der Waals surface area contributed by atoms with Crippen LogP contribution in [-0.2, 0) is 5.33 Å². The highest BCUT2D eigenvalue weighted by Gasteiger charge is 2.03. The van der Waals surface area contributed by atoms with E-state index < -0.39 is 0 Å². The fraction of sp³-hybridized carbons (Fsp3) is 0.333. The van der Waals surface area contributed by atoms with Crippen LogP contribution in [0, 0.1) is 6.92 Å². The first-order valence-corrected chi connectivity index (χ1v) is 5.49. The van der Waals surface area contributed by atoms with Crippen LogP contribution in [-0.4, -0.2) is 7.11 Å². The van der Waals surface area contributed by atoms with Crippen molar-refractivity contribution in [3.05, 3.63) is 27.7 Å². The lowest BCUT2D eigenvalue weighted by molar-refractivity contribution is 0.411. The van der Waals surface area contributed by atoms with Gasteiger partial charge in [0.1, 0.15) is 5.75 Å². The van der Waals surface area contributed by atoms with E-state index in [0.29, 0.717) is 0 Å². The van der Waals surface area contributed by atoms with Crippen LogP contribution in [0.3, 0.4) is 0 Å². The van der Waals surface area contributed by atoms with E-state index in [9.17, 15) is 0 Å². The van der Waals surface area contributed by atoms with Crippen molar-refractivity contribution < 1.29 is 4.74 Å². The zero-order valence-corrected chi connectivity index (χ0v) is 10.2. The number of alkyl halides is 1. The van der Waals surface area contributed by atoms with E-state index in [-0.39, 0.29) is 0 Å². The van der Waals surface area contributed by atoms with E-state index in [2.05, 4.69) is 37.9 Å². The molecule has 0 N–H and O–H groups in total. The quantitative estimate of drug-likeness (QED) is 0.756. The minimum absolute atomic E-state index is 0.860. The second-order valence-electron chi connectivity index (χ2n) is 2.55. The van der Waals surface area contributed by atoms with Gasteiger partial charge in [0.25, 0.3) is 0 Å². The van der Waals surface area contributed by atoms with Crippen molar-refractivity contribution in [1.82, 2.24) is 0 Å². The van der Waals surface area contributed by atoms with Crippen LogP contribution in [0.15, 0.2) is 16.6 Å². The Bertz CT molecular complexity index is 254. The maximum atomic E-state index is 5.18. The third-order valence-electron chi connectivity index (χ3n) is 1.71. The van der Waals surface area contributed by atoms with Crippen molar-refractivity contribution in [2.45, 2.75) is 12.3 Å². The zero-order valence-electron chi connectivity index (χ0n) is 7.03. The van der Waals surface area contributed by atoms with Gasteiger partial charge in [-0.25, -0.2) is 0 Å². The van der Waals surface area contributed by atoms with Crippen molar-refractivity contribution in [2.75, 3.05) is 7.11 Å². The molecule has 0 spiro atoms. The van der Waals surface area contributed by atoms with E-state index in [4.69, 9.17) is 4.74 Å². The second-order valence-corrected chi connectivity index (χ2v) is 3.96. The average Bonchev–Trinajstić information content (AvgIpc) is 2.08. The van der Waals surface area contributed by atoms with Crippen molar-refractivity contribution in [3.8, 4) is 5.75 Å². The number of halogens is 2. The molecule has 0 saturated heterocycles. The molecular formula is C9H10Br2O. The lowest BCUT2D eigenvalue weighted by Crippen LogP contribution is -1.89. The Hall–Kier alpha value is -0.0200. The fourth-order valence-corrected chi connectivity index (χ4v) is 2.35. The number of benzene rings is 1. The van der Waals surface area contributed by atoms with Crippen LogP contribution in [0.5, 0.6) is 5.75 Å². The average molecular weight is 294 g/mol. The van der Waals surface area contributed by atoms with Crippen molar-refractivity contribution in [1.29, 1.82) is 0 Å². The molecule has 0 fully saturated rings. The van der Waals surface area contributed by atoms with Crippen molar-refractivity contribution >= 4 is 31.9 Å². The first-order chi connectivity index (χ1) is 5.69. The summed E-state index contributed by atoms with van der Waals surface area (Å²) in [4.78, 5) is 0. The van der Waals surface area contributed by atoms with Gasteiger partial charge in [0.2, 0.25) is 0 Å². The SMILES string of the molecule is COc1cc(Br)c(CBr)cc1C. The van der Waals surface area contributed by atoms with Gasteiger partial charge in [0, 0.05) is 9.80 Å². The van der Waals surface area contributed by atoms with Crippen LogP contribution in [0.4, 0.5) is 0 Å². The predicted octanol–water partition coefficient (Wildman–Crippen LogP) is 3.66. The molecule has 1 aromatic rings. The first-order valence-electron chi connectivity index (χ1n) is 3.58. The lowest BCUT2D eigenvalue weighted by Gasteiger charge is -2.07. The Morgan fingerprint density at radius 2 is 2.08 bits per heavy atom. The largest absolute Gasteiger partial charge is 0.496 e. The second kappa shape index (κ2) is 4.28. The van der Waals surface area contributed by atoms with E-state index in [0.717, 1.165) is 21.1 Å². The third-order valence-corrected chi connectivity index (χ3v) is 3.05. The van der Waals surface area contributed by atoms with E-state index in [1.165, 1.54) is 5.56 Å². The molecular weight excluding hydrogens is 284 g/mol. The van der Waals surface area contributed by atoms with E-state index in [1.807, 2.05) is 13.0 Å². The smallest absolute Gasteiger partial charge is 0.122 e. The Labute approximate surface area is 89.4 Å². The molecule has 0 heterocycles. The number of aryl methyl sites for hydroxylation is 1. The number of hydrogen-bond acceptors (Lipinski definition) is 1. The summed E-state index contributed by atoms with van der Waals surface area (Å²) >= 11 is 6.89. The van der Waals surface area contributed by atoms with Gasteiger partial charge in [-0.15, -0.1) is 0 Å². The van der Waals surface area contributed by atoms with Crippen LogP contribution in [0.25, 0.3) is 0 Å².